The van der Waals surface area contributed by atoms with Crippen molar-refractivity contribution in [3.8, 4) is 0 Å². The lowest BCUT2D eigenvalue weighted by atomic mass is 10.2. The maximum Gasteiger partial charge on any atom is 0.0208 e. The molecule has 0 aromatic heterocycles. The number of rotatable bonds is 6. The summed E-state index contributed by atoms with van der Waals surface area (Å²) in [7, 11) is 0. The minimum atomic E-state index is 0.956. The Morgan fingerprint density at radius 3 is 2.64 bits per heavy atom. The zero-order valence-electron chi connectivity index (χ0n) is 8.87. The molecule has 0 spiro atoms. The van der Waals surface area contributed by atoms with E-state index < -0.39 is 0 Å². The van der Waals surface area contributed by atoms with E-state index in [1.807, 2.05) is 6.07 Å². The van der Waals surface area contributed by atoms with Crippen LogP contribution in [-0.4, -0.2) is 6.54 Å². The lowest BCUT2D eigenvalue weighted by Gasteiger charge is -2.00. The molecule has 0 atom stereocenters. The van der Waals surface area contributed by atoms with Crippen molar-refractivity contribution in [3.63, 3.8) is 0 Å². The molecule has 0 aliphatic rings. The second-order valence-electron chi connectivity index (χ2n) is 3.38. The summed E-state index contributed by atoms with van der Waals surface area (Å²) in [6, 6.07) is 10.5. The Labute approximate surface area is 86.8 Å². The van der Waals surface area contributed by atoms with Gasteiger partial charge in [0.05, 0.1) is 0 Å². The molecule has 0 saturated heterocycles. The lowest BCUT2D eigenvalue weighted by Crippen LogP contribution is -2.12. The van der Waals surface area contributed by atoms with Crippen molar-refractivity contribution < 1.29 is 0 Å². The molecule has 1 nitrogen and oxygen atoms in total. The highest BCUT2D eigenvalue weighted by Gasteiger charge is 1.87. The van der Waals surface area contributed by atoms with Crippen LogP contribution in [0.25, 0.3) is 0 Å². The van der Waals surface area contributed by atoms with E-state index >= 15 is 0 Å². The molecule has 0 saturated carbocycles. The molecule has 0 unspecified atom stereocenters. The zero-order valence-corrected chi connectivity index (χ0v) is 8.87. The Balaban J connectivity index is 2.10. The molecule has 0 aliphatic heterocycles. The first-order chi connectivity index (χ1) is 6.93. The van der Waals surface area contributed by atoms with Crippen molar-refractivity contribution in [1.29, 1.82) is 0 Å². The lowest BCUT2D eigenvalue weighted by molar-refractivity contribution is 0.757. The van der Waals surface area contributed by atoms with Gasteiger partial charge in [0.25, 0.3) is 0 Å². The zero-order chi connectivity index (χ0) is 10.1. The van der Waals surface area contributed by atoms with Gasteiger partial charge in [0.1, 0.15) is 0 Å². The van der Waals surface area contributed by atoms with Gasteiger partial charge in [0, 0.05) is 13.1 Å². The number of allylic oxidation sites excluding steroid dienone is 1. The monoisotopic (exact) mass is 189 g/mol. The summed E-state index contributed by atoms with van der Waals surface area (Å²) in [5.41, 5.74) is 1.34. The topological polar surface area (TPSA) is 12.0 Å². The largest absolute Gasteiger partial charge is 0.309 e. The molecular formula is C13H19N. The van der Waals surface area contributed by atoms with Crippen LogP contribution < -0.4 is 5.32 Å². The molecule has 0 bridgehead atoms. The van der Waals surface area contributed by atoms with Crippen LogP contribution in [0.2, 0.25) is 0 Å². The third-order valence-corrected chi connectivity index (χ3v) is 2.06. The van der Waals surface area contributed by atoms with E-state index in [-0.39, 0.29) is 0 Å². The molecule has 1 aromatic carbocycles. The van der Waals surface area contributed by atoms with Crippen LogP contribution in [-0.2, 0) is 6.54 Å². The van der Waals surface area contributed by atoms with Crippen LogP contribution in [0, 0.1) is 0 Å². The standard InChI is InChI=1S/C13H19N/c1-2-3-4-8-11-14-12-13-9-6-5-7-10-13/h4-10,14H,2-3,11-12H2,1H3/b8-4+. The molecule has 0 aliphatic carbocycles. The molecule has 1 rings (SSSR count). The fraction of sp³-hybridized carbons (Fsp3) is 0.385. The van der Waals surface area contributed by atoms with Gasteiger partial charge in [-0.3, -0.25) is 0 Å². The summed E-state index contributed by atoms with van der Waals surface area (Å²) in [5, 5.41) is 3.37. The van der Waals surface area contributed by atoms with E-state index in [1.54, 1.807) is 0 Å². The van der Waals surface area contributed by atoms with E-state index in [9.17, 15) is 0 Å². The third-order valence-electron chi connectivity index (χ3n) is 2.06. The summed E-state index contributed by atoms with van der Waals surface area (Å²) in [6.45, 7) is 4.12. The van der Waals surface area contributed by atoms with Gasteiger partial charge in [-0.2, -0.15) is 0 Å². The predicted octanol–water partition coefficient (Wildman–Crippen LogP) is 3.13. The van der Waals surface area contributed by atoms with E-state index in [1.165, 1.54) is 18.4 Å². The summed E-state index contributed by atoms with van der Waals surface area (Å²) >= 11 is 0. The number of hydrogen-bond donors (Lipinski definition) is 1. The molecule has 0 fully saturated rings. The number of nitrogens with one attached hydrogen (secondary N) is 1. The van der Waals surface area contributed by atoms with Crippen LogP contribution in [0.15, 0.2) is 42.5 Å². The first-order valence-corrected chi connectivity index (χ1v) is 5.33. The fourth-order valence-corrected chi connectivity index (χ4v) is 1.26. The van der Waals surface area contributed by atoms with Crippen LogP contribution in [0.5, 0.6) is 0 Å². The number of unbranched alkanes of at least 4 members (excludes halogenated alkanes) is 1. The first-order valence-electron chi connectivity index (χ1n) is 5.33. The molecular weight excluding hydrogens is 170 g/mol. The average molecular weight is 189 g/mol. The predicted molar refractivity (Wildman–Crippen MR) is 62.2 cm³/mol. The van der Waals surface area contributed by atoms with Crippen molar-refractivity contribution in [1.82, 2.24) is 5.32 Å². The van der Waals surface area contributed by atoms with Crippen molar-refractivity contribution >= 4 is 0 Å². The van der Waals surface area contributed by atoms with Gasteiger partial charge in [-0.15, -0.1) is 0 Å². The Bertz CT molecular complexity index is 251. The van der Waals surface area contributed by atoms with Gasteiger partial charge < -0.3 is 5.32 Å². The summed E-state index contributed by atoms with van der Waals surface area (Å²) in [4.78, 5) is 0. The van der Waals surface area contributed by atoms with Gasteiger partial charge in [-0.1, -0.05) is 55.8 Å². The molecule has 14 heavy (non-hydrogen) atoms. The maximum atomic E-state index is 3.37. The maximum absolute atomic E-state index is 3.37. The third kappa shape index (κ3) is 4.83. The van der Waals surface area contributed by atoms with Gasteiger partial charge in [0.2, 0.25) is 0 Å². The normalized spacial score (nSPS) is 10.9. The summed E-state index contributed by atoms with van der Waals surface area (Å²) in [5.74, 6) is 0. The van der Waals surface area contributed by atoms with Crippen LogP contribution in [0.1, 0.15) is 25.3 Å². The Hall–Kier alpha value is -1.08. The fourth-order valence-electron chi connectivity index (χ4n) is 1.26. The SMILES string of the molecule is CCC/C=C/CNCc1ccccc1. The van der Waals surface area contributed by atoms with E-state index in [4.69, 9.17) is 0 Å². The molecule has 0 radical (unpaired) electrons. The molecule has 76 valence electrons. The van der Waals surface area contributed by atoms with Crippen LogP contribution in [0.3, 0.4) is 0 Å². The van der Waals surface area contributed by atoms with Gasteiger partial charge >= 0.3 is 0 Å². The summed E-state index contributed by atoms with van der Waals surface area (Å²) < 4.78 is 0. The molecule has 0 amide bonds. The highest BCUT2D eigenvalue weighted by atomic mass is 14.8. The van der Waals surface area contributed by atoms with E-state index in [0.29, 0.717) is 0 Å². The summed E-state index contributed by atoms with van der Waals surface area (Å²) in [6.07, 6.45) is 6.85. The molecule has 1 heteroatoms. The highest BCUT2D eigenvalue weighted by molar-refractivity contribution is 5.14. The average Bonchev–Trinajstić information content (AvgIpc) is 2.25. The number of hydrogen-bond acceptors (Lipinski definition) is 1. The Kier molecular flexibility index (Phi) is 5.76. The minimum Gasteiger partial charge on any atom is -0.309 e. The van der Waals surface area contributed by atoms with E-state index in [2.05, 4.69) is 48.7 Å². The first kappa shape index (κ1) is 11.0. The van der Waals surface area contributed by atoms with Crippen molar-refractivity contribution in [3.05, 3.63) is 48.0 Å². The molecule has 1 N–H and O–H groups in total. The van der Waals surface area contributed by atoms with Gasteiger partial charge in [-0.05, 0) is 12.0 Å². The molecule has 1 aromatic rings. The van der Waals surface area contributed by atoms with E-state index in [0.717, 1.165) is 13.1 Å². The molecule has 0 heterocycles. The van der Waals surface area contributed by atoms with Crippen LogP contribution in [0.4, 0.5) is 0 Å². The Morgan fingerprint density at radius 2 is 1.93 bits per heavy atom. The van der Waals surface area contributed by atoms with Gasteiger partial charge in [0.15, 0.2) is 0 Å². The van der Waals surface area contributed by atoms with Crippen molar-refractivity contribution in [2.75, 3.05) is 6.54 Å². The number of benzene rings is 1. The van der Waals surface area contributed by atoms with Crippen LogP contribution >= 0.6 is 0 Å². The second-order valence-corrected chi connectivity index (χ2v) is 3.38. The quantitative estimate of drug-likeness (QED) is 0.535. The van der Waals surface area contributed by atoms with Gasteiger partial charge in [-0.25, -0.2) is 0 Å². The van der Waals surface area contributed by atoms with Crippen molar-refractivity contribution in [2.24, 2.45) is 0 Å². The smallest absolute Gasteiger partial charge is 0.0208 e. The Morgan fingerprint density at radius 1 is 1.14 bits per heavy atom. The second kappa shape index (κ2) is 7.34. The minimum absolute atomic E-state index is 0.956. The highest BCUT2D eigenvalue weighted by Crippen LogP contribution is 1.96. The van der Waals surface area contributed by atoms with Crippen molar-refractivity contribution in [2.45, 2.75) is 26.3 Å².